The van der Waals surface area contributed by atoms with Crippen LogP contribution >= 0.6 is 0 Å². The van der Waals surface area contributed by atoms with E-state index >= 15 is 0 Å². The first kappa shape index (κ1) is 22.8. The van der Waals surface area contributed by atoms with Crippen molar-refractivity contribution in [1.82, 2.24) is 9.97 Å². The van der Waals surface area contributed by atoms with Crippen molar-refractivity contribution >= 4 is 23.2 Å². The molecule has 0 saturated carbocycles. The molecule has 2 aromatic carbocycles. The van der Waals surface area contributed by atoms with E-state index in [1.807, 2.05) is 12.1 Å². The van der Waals surface area contributed by atoms with E-state index in [0.29, 0.717) is 36.8 Å². The van der Waals surface area contributed by atoms with Crippen LogP contribution in [0.3, 0.4) is 0 Å². The van der Waals surface area contributed by atoms with Gasteiger partial charge in [0.05, 0.1) is 18.7 Å². The van der Waals surface area contributed by atoms with Gasteiger partial charge in [0, 0.05) is 24.5 Å². The molecule has 3 N–H and O–H groups in total. The first-order valence-corrected chi connectivity index (χ1v) is 10.7. The lowest BCUT2D eigenvalue weighted by atomic mass is 10.2. The summed E-state index contributed by atoms with van der Waals surface area (Å²) in [7, 11) is 0. The van der Waals surface area contributed by atoms with Crippen LogP contribution in [0.1, 0.15) is 16.7 Å². The van der Waals surface area contributed by atoms with Crippen molar-refractivity contribution in [3.05, 3.63) is 114 Å². The van der Waals surface area contributed by atoms with Crippen LogP contribution in [0.5, 0.6) is 0 Å². The van der Waals surface area contributed by atoms with Crippen LogP contribution in [-0.4, -0.2) is 15.9 Å². The maximum Gasteiger partial charge on any atom is 0.233 e. The molecule has 0 spiro atoms. The summed E-state index contributed by atoms with van der Waals surface area (Å²) in [4.78, 5) is 21.9. The van der Waals surface area contributed by atoms with E-state index in [4.69, 9.17) is 5.73 Å². The Hall–Kier alpha value is -4.33. The summed E-state index contributed by atoms with van der Waals surface area (Å²) >= 11 is 0. The zero-order valence-electron chi connectivity index (χ0n) is 18.3. The third kappa shape index (κ3) is 5.72. The average molecular weight is 460 g/mol. The minimum atomic E-state index is -0.273. The van der Waals surface area contributed by atoms with Gasteiger partial charge in [-0.1, -0.05) is 30.3 Å². The van der Waals surface area contributed by atoms with Crippen molar-refractivity contribution < 1.29 is 13.6 Å². The standard InChI is InChI=1S/C14H11FN2O.C12H12FN3/c15-12-5-3-10(4-6-12)9-17-13(18)8-11-2-1-7-16-14(11)17;13-10-5-3-9(4-6-10)8-16-12-11(14)2-1-7-15-12/h1-7H,8-9H2;1-7H,8,14H2,(H,15,16). The van der Waals surface area contributed by atoms with Gasteiger partial charge in [-0.2, -0.15) is 0 Å². The van der Waals surface area contributed by atoms with Crippen molar-refractivity contribution in [3.8, 4) is 0 Å². The molecule has 34 heavy (non-hydrogen) atoms. The van der Waals surface area contributed by atoms with Gasteiger partial charge in [0.25, 0.3) is 0 Å². The predicted octanol–water partition coefficient (Wildman–Crippen LogP) is 4.73. The van der Waals surface area contributed by atoms with Gasteiger partial charge in [-0.3, -0.25) is 9.69 Å². The Labute approximate surface area is 196 Å². The Morgan fingerprint density at radius 3 is 2.15 bits per heavy atom. The summed E-state index contributed by atoms with van der Waals surface area (Å²) in [5, 5.41) is 3.09. The van der Waals surface area contributed by atoms with Gasteiger partial charge >= 0.3 is 0 Å². The van der Waals surface area contributed by atoms with Crippen LogP contribution in [0.15, 0.2) is 85.2 Å². The number of carbonyl (C=O) groups excluding carboxylic acids is 1. The molecule has 6 nitrogen and oxygen atoms in total. The molecule has 0 saturated heterocycles. The number of nitrogen functional groups attached to an aromatic ring is 1. The van der Waals surface area contributed by atoms with Gasteiger partial charge in [0.15, 0.2) is 0 Å². The molecule has 1 aliphatic heterocycles. The molecule has 5 rings (SSSR count). The minimum absolute atomic E-state index is 0.0352. The number of anilines is 3. The highest BCUT2D eigenvalue weighted by Crippen LogP contribution is 2.27. The number of hydrogen-bond donors (Lipinski definition) is 2. The summed E-state index contributed by atoms with van der Waals surface area (Å²) in [6.45, 7) is 1.00. The normalized spacial score (nSPS) is 12.1. The third-order valence-corrected chi connectivity index (χ3v) is 5.23. The summed E-state index contributed by atoms with van der Waals surface area (Å²) in [5.74, 6) is 0.887. The largest absolute Gasteiger partial charge is 0.396 e. The summed E-state index contributed by atoms with van der Waals surface area (Å²) in [5.41, 5.74) is 9.14. The number of nitrogens with one attached hydrogen (secondary N) is 1. The Morgan fingerprint density at radius 2 is 1.47 bits per heavy atom. The summed E-state index contributed by atoms with van der Waals surface area (Å²) < 4.78 is 25.5. The van der Waals surface area contributed by atoms with E-state index in [0.717, 1.165) is 16.7 Å². The topological polar surface area (TPSA) is 84.1 Å². The molecule has 0 atom stereocenters. The summed E-state index contributed by atoms with van der Waals surface area (Å²) in [6, 6.07) is 19.8. The lowest BCUT2D eigenvalue weighted by Crippen LogP contribution is -2.26. The van der Waals surface area contributed by atoms with E-state index in [2.05, 4.69) is 15.3 Å². The molecule has 0 bridgehead atoms. The molecule has 3 heterocycles. The maximum atomic E-state index is 12.8. The Morgan fingerprint density at radius 1 is 0.853 bits per heavy atom. The van der Waals surface area contributed by atoms with Crippen LogP contribution in [0.4, 0.5) is 26.1 Å². The van der Waals surface area contributed by atoms with E-state index in [1.165, 1.54) is 24.3 Å². The number of rotatable bonds is 5. The molecule has 8 heteroatoms. The number of nitrogens with two attached hydrogens (primary N) is 1. The van der Waals surface area contributed by atoms with Gasteiger partial charge < -0.3 is 11.1 Å². The van der Waals surface area contributed by atoms with E-state index in [9.17, 15) is 13.6 Å². The third-order valence-electron chi connectivity index (χ3n) is 5.23. The molecule has 0 radical (unpaired) electrons. The fourth-order valence-corrected chi connectivity index (χ4v) is 3.48. The van der Waals surface area contributed by atoms with Crippen molar-refractivity contribution in [2.24, 2.45) is 0 Å². The van der Waals surface area contributed by atoms with E-state index < -0.39 is 0 Å². The van der Waals surface area contributed by atoms with Crippen molar-refractivity contribution in [2.45, 2.75) is 19.5 Å². The number of pyridine rings is 2. The Bertz CT molecular complexity index is 1260. The second-order valence-electron chi connectivity index (χ2n) is 7.69. The molecule has 0 unspecified atom stereocenters. The zero-order valence-corrected chi connectivity index (χ0v) is 18.3. The van der Waals surface area contributed by atoms with E-state index in [1.54, 1.807) is 53.7 Å². The smallest absolute Gasteiger partial charge is 0.233 e. The highest BCUT2D eigenvalue weighted by molar-refractivity contribution is 6.00. The van der Waals surface area contributed by atoms with Crippen molar-refractivity contribution in [2.75, 3.05) is 16.0 Å². The first-order chi connectivity index (χ1) is 16.5. The molecule has 1 amide bonds. The quantitative estimate of drug-likeness (QED) is 0.451. The average Bonchev–Trinajstić information content (AvgIpc) is 3.16. The van der Waals surface area contributed by atoms with E-state index in [-0.39, 0.29) is 17.5 Å². The second kappa shape index (κ2) is 10.5. The number of hydrogen-bond acceptors (Lipinski definition) is 5. The Kier molecular flexibility index (Phi) is 7.07. The van der Waals surface area contributed by atoms with Gasteiger partial charge in [0.2, 0.25) is 5.91 Å². The van der Waals surface area contributed by atoms with Gasteiger partial charge in [-0.05, 0) is 53.6 Å². The van der Waals surface area contributed by atoms with Crippen LogP contribution in [-0.2, 0) is 24.3 Å². The fourth-order valence-electron chi connectivity index (χ4n) is 3.48. The van der Waals surface area contributed by atoms with Crippen molar-refractivity contribution in [3.63, 3.8) is 0 Å². The van der Waals surface area contributed by atoms with Gasteiger partial charge in [0.1, 0.15) is 23.3 Å². The van der Waals surface area contributed by atoms with Gasteiger partial charge in [-0.25, -0.2) is 18.7 Å². The van der Waals surface area contributed by atoms with Crippen LogP contribution in [0.25, 0.3) is 0 Å². The lowest BCUT2D eigenvalue weighted by Gasteiger charge is -2.16. The van der Waals surface area contributed by atoms with Crippen LogP contribution < -0.4 is 16.0 Å². The summed E-state index contributed by atoms with van der Waals surface area (Å²) in [6.07, 6.45) is 3.74. The molecular weight excluding hydrogens is 436 g/mol. The molecule has 0 aliphatic carbocycles. The number of halogens is 2. The molecule has 0 fully saturated rings. The molecule has 172 valence electrons. The highest BCUT2D eigenvalue weighted by atomic mass is 19.1. The molecular formula is C26H23F2N5O. The number of carbonyl (C=O) groups is 1. The highest BCUT2D eigenvalue weighted by Gasteiger charge is 2.28. The van der Waals surface area contributed by atoms with Gasteiger partial charge in [-0.15, -0.1) is 0 Å². The van der Waals surface area contributed by atoms with Crippen LogP contribution in [0.2, 0.25) is 0 Å². The SMILES string of the molecule is Nc1cccnc1NCc1ccc(F)cc1.O=C1Cc2cccnc2N1Cc1ccc(F)cc1. The minimum Gasteiger partial charge on any atom is -0.396 e. The molecule has 1 aliphatic rings. The number of benzene rings is 2. The zero-order chi connectivity index (χ0) is 23.9. The van der Waals surface area contributed by atoms with Crippen LogP contribution in [0, 0.1) is 11.6 Å². The molecule has 4 aromatic rings. The number of amides is 1. The predicted molar refractivity (Wildman–Crippen MR) is 128 cm³/mol. The number of aromatic nitrogens is 2. The Balaban J connectivity index is 0.000000162. The number of fused-ring (bicyclic) bond motifs is 1. The fraction of sp³-hybridized carbons (Fsp3) is 0.115. The number of nitrogens with zero attached hydrogens (tertiary/aromatic N) is 3. The second-order valence-corrected chi connectivity index (χ2v) is 7.69. The maximum absolute atomic E-state index is 12.8. The first-order valence-electron chi connectivity index (χ1n) is 10.7. The monoisotopic (exact) mass is 459 g/mol. The van der Waals surface area contributed by atoms with Crippen molar-refractivity contribution in [1.29, 1.82) is 0 Å². The molecule has 2 aromatic heterocycles. The lowest BCUT2D eigenvalue weighted by molar-refractivity contribution is -0.117.